The van der Waals surface area contributed by atoms with Gasteiger partial charge in [-0.1, -0.05) is 6.08 Å². The van der Waals surface area contributed by atoms with Gasteiger partial charge in [-0.05, 0) is 25.0 Å². The fourth-order valence-electron chi connectivity index (χ4n) is 1.12. The van der Waals surface area contributed by atoms with Crippen LogP contribution < -0.4 is 0 Å². The van der Waals surface area contributed by atoms with Crippen molar-refractivity contribution in [3.63, 3.8) is 0 Å². The molecule has 0 aromatic carbocycles. The van der Waals surface area contributed by atoms with Crippen LogP contribution >= 0.6 is 0 Å². The van der Waals surface area contributed by atoms with Crippen molar-refractivity contribution in [3.8, 4) is 6.07 Å². The minimum Gasteiger partial charge on any atom is -0.339 e. The number of aryl methyl sites for hydroxylation is 1. The maximum atomic E-state index is 8.67. The molecule has 0 aliphatic heterocycles. The van der Waals surface area contributed by atoms with E-state index in [-0.39, 0.29) is 0 Å². The largest absolute Gasteiger partial charge is 0.339 e. The Balaban J connectivity index is 2.51. The van der Waals surface area contributed by atoms with E-state index in [0.717, 1.165) is 25.1 Å². The predicted molar refractivity (Wildman–Crippen MR) is 48.6 cm³/mol. The zero-order valence-electron chi connectivity index (χ0n) is 7.03. The highest BCUT2D eigenvalue weighted by atomic mass is 15.0. The number of rotatable bonds is 4. The van der Waals surface area contributed by atoms with Crippen LogP contribution in [0.5, 0.6) is 0 Å². The molecule has 2 nitrogen and oxygen atoms in total. The molecule has 0 N–H and O–H groups in total. The molecule has 0 unspecified atom stereocenters. The van der Waals surface area contributed by atoms with E-state index >= 15 is 0 Å². The molecule has 12 heavy (non-hydrogen) atoms. The summed E-state index contributed by atoms with van der Waals surface area (Å²) in [5.41, 5.74) is 0.735. The van der Waals surface area contributed by atoms with E-state index in [1.54, 1.807) is 0 Å². The van der Waals surface area contributed by atoms with E-state index in [2.05, 4.69) is 12.6 Å². The lowest BCUT2D eigenvalue weighted by Crippen LogP contribution is -1.98. The zero-order chi connectivity index (χ0) is 8.81. The molecular weight excluding hydrogens is 148 g/mol. The predicted octanol–water partition coefficient (Wildman–Crippen LogP) is 2.33. The summed E-state index contributed by atoms with van der Waals surface area (Å²) in [6, 6.07) is 5.86. The highest BCUT2D eigenvalue weighted by Crippen LogP contribution is 2.02. The summed E-state index contributed by atoms with van der Waals surface area (Å²) in [6.45, 7) is 4.55. The molecule has 1 aromatic rings. The number of aromatic nitrogens is 1. The van der Waals surface area contributed by atoms with Crippen molar-refractivity contribution < 1.29 is 0 Å². The van der Waals surface area contributed by atoms with Crippen molar-refractivity contribution in [2.24, 2.45) is 0 Å². The first kappa shape index (κ1) is 8.61. The molecule has 0 aliphatic carbocycles. The minimum absolute atomic E-state index is 0.735. The minimum atomic E-state index is 0.735. The van der Waals surface area contributed by atoms with Crippen LogP contribution in [0.1, 0.15) is 18.5 Å². The van der Waals surface area contributed by atoms with Crippen LogP contribution in [0, 0.1) is 11.3 Å². The number of nitriles is 1. The van der Waals surface area contributed by atoms with Gasteiger partial charge in [-0.2, -0.15) is 5.26 Å². The van der Waals surface area contributed by atoms with E-state index in [4.69, 9.17) is 5.26 Å². The Morgan fingerprint density at radius 3 is 3.17 bits per heavy atom. The first-order valence-corrected chi connectivity index (χ1v) is 4.04. The van der Waals surface area contributed by atoms with Gasteiger partial charge in [-0.15, -0.1) is 6.58 Å². The summed E-state index contributed by atoms with van der Waals surface area (Å²) in [6.07, 6.45) is 5.88. The number of allylic oxidation sites excluding steroid dienone is 1. The number of hydrogen-bond donors (Lipinski definition) is 0. The molecule has 0 radical (unpaired) electrons. The maximum absolute atomic E-state index is 8.67. The van der Waals surface area contributed by atoms with E-state index < -0.39 is 0 Å². The van der Waals surface area contributed by atoms with Crippen LogP contribution in [-0.2, 0) is 6.54 Å². The van der Waals surface area contributed by atoms with Gasteiger partial charge in [-0.25, -0.2) is 0 Å². The highest BCUT2D eigenvalue weighted by molar-refractivity contribution is 5.21. The Labute approximate surface area is 72.7 Å². The first-order valence-electron chi connectivity index (χ1n) is 4.04. The normalized spacial score (nSPS) is 9.25. The van der Waals surface area contributed by atoms with Gasteiger partial charge in [0.15, 0.2) is 0 Å². The lowest BCUT2D eigenvalue weighted by atomic mass is 10.3. The number of unbranched alkanes of at least 4 members (excludes halogenated alkanes) is 1. The Kier molecular flexibility index (Phi) is 3.16. The monoisotopic (exact) mass is 160 g/mol. The third kappa shape index (κ3) is 2.00. The molecule has 0 spiro atoms. The maximum Gasteiger partial charge on any atom is 0.120 e. The highest BCUT2D eigenvalue weighted by Gasteiger charge is 1.96. The number of hydrogen-bond acceptors (Lipinski definition) is 1. The van der Waals surface area contributed by atoms with Crippen LogP contribution in [-0.4, -0.2) is 4.57 Å². The lowest BCUT2D eigenvalue weighted by Gasteiger charge is -2.01. The summed E-state index contributed by atoms with van der Waals surface area (Å²) in [5.74, 6) is 0. The van der Waals surface area contributed by atoms with Gasteiger partial charge in [-0.3, -0.25) is 0 Å². The van der Waals surface area contributed by atoms with Gasteiger partial charge in [0.2, 0.25) is 0 Å². The summed E-state index contributed by atoms with van der Waals surface area (Å²) in [5, 5.41) is 8.67. The van der Waals surface area contributed by atoms with E-state index in [1.165, 1.54) is 0 Å². The Hall–Kier alpha value is -1.49. The summed E-state index contributed by atoms with van der Waals surface area (Å²) < 4.78 is 1.96. The molecule has 0 saturated heterocycles. The third-order valence-electron chi connectivity index (χ3n) is 1.75. The molecule has 1 aromatic heterocycles. The average molecular weight is 160 g/mol. The molecule has 0 atom stereocenters. The summed E-state index contributed by atoms with van der Waals surface area (Å²) in [4.78, 5) is 0. The summed E-state index contributed by atoms with van der Waals surface area (Å²) >= 11 is 0. The molecule has 1 heterocycles. The topological polar surface area (TPSA) is 28.7 Å². The fraction of sp³-hybridized carbons (Fsp3) is 0.300. The molecule has 0 aliphatic rings. The Morgan fingerprint density at radius 2 is 2.50 bits per heavy atom. The van der Waals surface area contributed by atoms with Gasteiger partial charge < -0.3 is 4.57 Å². The molecular formula is C10H12N2. The SMILES string of the molecule is C=CCCCn1cccc1C#N. The van der Waals surface area contributed by atoms with Crippen molar-refractivity contribution in [1.29, 1.82) is 5.26 Å². The van der Waals surface area contributed by atoms with Crippen molar-refractivity contribution in [2.75, 3.05) is 0 Å². The van der Waals surface area contributed by atoms with Crippen molar-refractivity contribution in [1.82, 2.24) is 4.57 Å². The Bertz CT molecular complexity index is 291. The van der Waals surface area contributed by atoms with E-state index in [1.807, 2.05) is 29.0 Å². The Morgan fingerprint density at radius 1 is 1.67 bits per heavy atom. The van der Waals surface area contributed by atoms with Gasteiger partial charge in [0, 0.05) is 12.7 Å². The van der Waals surface area contributed by atoms with Gasteiger partial charge in [0.25, 0.3) is 0 Å². The second-order valence-corrected chi connectivity index (χ2v) is 2.63. The van der Waals surface area contributed by atoms with Crippen LogP contribution in [0.2, 0.25) is 0 Å². The fourth-order valence-corrected chi connectivity index (χ4v) is 1.12. The molecule has 0 bridgehead atoms. The standard InChI is InChI=1S/C10H12N2/c1-2-3-4-7-12-8-5-6-10(12)9-11/h2,5-6,8H,1,3-4,7H2. The van der Waals surface area contributed by atoms with Crippen molar-refractivity contribution in [3.05, 3.63) is 36.7 Å². The van der Waals surface area contributed by atoms with Crippen molar-refractivity contribution >= 4 is 0 Å². The number of nitrogens with zero attached hydrogens (tertiary/aromatic N) is 2. The molecule has 62 valence electrons. The van der Waals surface area contributed by atoms with Gasteiger partial charge >= 0.3 is 0 Å². The van der Waals surface area contributed by atoms with Crippen LogP contribution in [0.4, 0.5) is 0 Å². The van der Waals surface area contributed by atoms with E-state index in [9.17, 15) is 0 Å². The average Bonchev–Trinajstić information content (AvgIpc) is 2.52. The van der Waals surface area contributed by atoms with Gasteiger partial charge in [0.1, 0.15) is 11.8 Å². The van der Waals surface area contributed by atoms with Crippen molar-refractivity contribution in [2.45, 2.75) is 19.4 Å². The lowest BCUT2D eigenvalue weighted by molar-refractivity contribution is 0.648. The second kappa shape index (κ2) is 4.40. The second-order valence-electron chi connectivity index (χ2n) is 2.63. The van der Waals surface area contributed by atoms with E-state index in [0.29, 0.717) is 0 Å². The van der Waals surface area contributed by atoms with Gasteiger partial charge in [0.05, 0.1) is 0 Å². The first-order chi connectivity index (χ1) is 5.88. The molecule has 1 rings (SSSR count). The quantitative estimate of drug-likeness (QED) is 0.491. The zero-order valence-corrected chi connectivity index (χ0v) is 7.03. The smallest absolute Gasteiger partial charge is 0.120 e. The van der Waals surface area contributed by atoms with Crippen LogP contribution in [0.15, 0.2) is 31.0 Å². The molecule has 2 heteroatoms. The molecule has 0 amide bonds. The molecule has 0 fully saturated rings. The molecule has 0 saturated carbocycles. The summed E-state index contributed by atoms with van der Waals surface area (Å²) in [7, 11) is 0. The van der Waals surface area contributed by atoms with Crippen LogP contribution in [0.3, 0.4) is 0 Å². The van der Waals surface area contributed by atoms with Crippen LogP contribution in [0.25, 0.3) is 0 Å². The third-order valence-corrected chi connectivity index (χ3v) is 1.75.